The predicted octanol–water partition coefficient (Wildman–Crippen LogP) is 2.52. The third-order valence-electron chi connectivity index (χ3n) is 4.45. The number of rotatable bonds is 2. The van der Waals surface area contributed by atoms with Gasteiger partial charge < -0.3 is 9.88 Å². The Kier molecular flexibility index (Phi) is 2.91. The van der Waals surface area contributed by atoms with E-state index < -0.39 is 0 Å². The normalized spacial score (nSPS) is 23.9. The van der Waals surface area contributed by atoms with Gasteiger partial charge in [0.15, 0.2) is 0 Å². The molecule has 1 aliphatic carbocycles. The van der Waals surface area contributed by atoms with Gasteiger partial charge in [-0.05, 0) is 30.6 Å². The van der Waals surface area contributed by atoms with Crippen LogP contribution < -0.4 is 10.5 Å². The maximum Gasteiger partial charge on any atom is 0.252 e. The van der Waals surface area contributed by atoms with Gasteiger partial charge in [-0.15, -0.1) is 0 Å². The molecule has 0 amide bonds. The van der Waals surface area contributed by atoms with Crippen molar-refractivity contribution in [3.05, 3.63) is 22.2 Å². The van der Waals surface area contributed by atoms with Gasteiger partial charge in [-0.25, -0.2) is 4.98 Å². The van der Waals surface area contributed by atoms with E-state index in [1.807, 2.05) is 0 Å². The van der Waals surface area contributed by atoms with Crippen LogP contribution in [0.4, 0.5) is 5.82 Å². The lowest BCUT2D eigenvalue weighted by atomic mass is 9.80. The average molecular weight is 261 g/mol. The molecule has 19 heavy (non-hydrogen) atoms. The third kappa shape index (κ3) is 2.67. The topological polar surface area (TPSA) is 49.0 Å². The predicted molar refractivity (Wildman–Crippen MR) is 76.6 cm³/mol. The van der Waals surface area contributed by atoms with Crippen molar-refractivity contribution in [2.75, 3.05) is 18.0 Å². The number of aromatic nitrogens is 2. The summed E-state index contributed by atoms with van der Waals surface area (Å²) in [4.78, 5) is 21.6. The first-order chi connectivity index (χ1) is 8.93. The van der Waals surface area contributed by atoms with Crippen LogP contribution in [0.5, 0.6) is 0 Å². The van der Waals surface area contributed by atoms with Gasteiger partial charge in [-0.1, -0.05) is 20.8 Å². The molecule has 1 aromatic rings. The number of nitrogens with one attached hydrogen (secondary N) is 1. The molecule has 4 heteroatoms. The molecular weight excluding hydrogens is 238 g/mol. The minimum atomic E-state index is -0.00823. The fourth-order valence-corrected chi connectivity index (χ4v) is 2.85. The molecule has 0 aromatic carbocycles. The van der Waals surface area contributed by atoms with Crippen LogP contribution >= 0.6 is 0 Å². The van der Waals surface area contributed by atoms with Gasteiger partial charge >= 0.3 is 0 Å². The SMILES string of the molecule is CC(C)(C)C1CCN(c2cc(=O)[nH]c(C3CC3)n2)C1. The molecule has 3 rings (SSSR count). The van der Waals surface area contributed by atoms with Crippen molar-refractivity contribution in [2.45, 2.75) is 46.0 Å². The molecule has 2 aliphatic rings. The third-order valence-corrected chi connectivity index (χ3v) is 4.45. The van der Waals surface area contributed by atoms with Crippen molar-refractivity contribution in [1.82, 2.24) is 9.97 Å². The van der Waals surface area contributed by atoms with Crippen LogP contribution in [0.3, 0.4) is 0 Å². The van der Waals surface area contributed by atoms with Gasteiger partial charge in [0.2, 0.25) is 0 Å². The molecule has 1 aromatic heterocycles. The molecular formula is C15H23N3O. The Morgan fingerprint density at radius 1 is 1.32 bits per heavy atom. The van der Waals surface area contributed by atoms with Crippen molar-refractivity contribution < 1.29 is 0 Å². The lowest BCUT2D eigenvalue weighted by Gasteiger charge is -2.27. The van der Waals surface area contributed by atoms with Crippen LogP contribution in [-0.2, 0) is 0 Å². The molecule has 1 atom stereocenters. The number of hydrogen-bond acceptors (Lipinski definition) is 3. The van der Waals surface area contributed by atoms with E-state index in [1.54, 1.807) is 6.07 Å². The summed E-state index contributed by atoms with van der Waals surface area (Å²) in [6.45, 7) is 8.92. The Morgan fingerprint density at radius 2 is 2.05 bits per heavy atom. The summed E-state index contributed by atoms with van der Waals surface area (Å²) in [5.74, 6) is 2.94. The van der Waals surface area contributed by atoms with Crippen LogP contribution in [0.2, 0.25) is 0 Å². The smallest absolute Gasteiger partial charge is 0.252 e. The first kappa shape index (κ1) is 12.7. The lowest BCUT2D eigenvalue weighted by Crippen LogP contribution is -2.27. The van der Waals surface area contributed by atoms with Crippen molar-refractivity contribution in [2.24, 2.45) is 11.3 Å². The Hall–Kier alpha value is -1.32. The molecule has 1 saturated carbocycles. The molecule has 4 nitrogen and oxygen atoms in total. The van der Waals surface area contributed by atoms with Crippen molar-refractivity contribution in [1.29, 1.82) is 0 Å². The van der Waals surface area contributed by atoms with Crippen LogP contribution in [0, 0.1) is 11.3 Å². The van der Waals surface area contributed by atoms with Crippen LogP contribution in [-0.4, -0.2) is 23.1 Å². The molecule has 1 aliphatic heterocycles. The summed E-state index contributed by atoms with van der Waals surface area (Å²) < 4.78 is 0. The summed E-state index contributed by atoms with van der Waals surface area (Å²) in [6, 6.07) is 1.65. The van der Waals surface area contributed by atoms with E-state index >= 15 is 0 Å². The fourth-order valence-electron chi connectivity index (χ4n) is 2.85. The molecule has 1 unspecified atom stereocenters. The van der Waals surface area contributed by atoms with E-state index in [2.05, 4.69) is 35.6 Å². The highest BCUT2D eigenvalue weighted by molar-refractivity contribution is 5.39. The number of anilines is 1. The maximum absolute atomic E-state index is 11.8. The highest BCUT2D eigenvalue weighted by Crippen LogP contribution is 2.39. The molecule has 1 saturated heterocycles. The summed E-state index contributed by atoms with van der Waals surface area (Å²) in [7, 11) is 0. The highest BCUT2D eigenvalue weighted by Gasteiger charge is 2.33. The zero-order chi connectivity index (χ0) is 13.6. The molecule has 1 N–H and O–H groups in total. The second-order valence-electron chi connectivity index (χ2n) is 7.06. The maximum atomic E-state index is 11.8. The minimum absolute atomic E-state index is 0.00823. The number of aromatic amines is 1. The van der Waals surface area contributed by atoms with Crippen molar-refractivity contribution in [3.8, 4) is 0 Å². The van der Waals surface area contributed by atoms with E-state index in [0.717, 1.165) is 37.6 Å². The van der Waals surface area contributed by atoms with E-state index in [0.29, 0.717) is 17.3 Å². The van der Waals surface area contributed by atoms with Crippen molar-refractivity contribution >= 4 is 5.82 Å². The summed E-state index contributed by atoms with van der Waals surface area (Å²) >= 11 is 0. The summed E-state index contributed by atoms with van der Waals surface area (Å²) in [5.41, 5.74) is 0.320. The summed E-state index contributed by atoms with van der Waals surface area (Å²) in [6.07, 6.45) is 3.52. The standard InChI is InChI=1S/C15H23N3O/c1-15(2,3)11-6-7-18(9-11)12-8-13(19)17-14(16-12)10-4-5-10/h8,10-11H,4-7,9H2,1-3H3,(H,16,17,19). The lowest BCUT2D eigenvalue weighted by molar-refractivity contribution is 0.263. The van der Waals surface area contributed by atoms with E-state index in [1.165, 1.54) is 6.42 Å². The van der Waals surface area contributed by atoms with Crippen LogP contribution in [0.1, 0.15) is 51.8 Å². The average Bonchev–Trinajstić information content (AvgIpc) is 3.03. The van der Waals surface area contributed by atoms with E-state index in [4.69, 9.17) is 0 Å². The minimum Gasteiger partial charge on any atom is -0.356 e. The quantitative estimate of drug-likeness (QED) is 0.890. The highest BCUT2D eigenvalue weighted by atomic mass is 16.1. The number of nitrogens with zero attached hydrogens (tertiary/aromatic N) is 2. The molecule has 0 spiro atoms. The number of H-pyrrole nitrogens is 1. The van der Waals surface area contributed by atoms with E-state index in [9.17, 15) is 4.79 Å². The van der Waals surface area contributed by atoms with Gasteiger partial charge in [0.05, 0.1) is 0 Å². The second-order valence-corrected chi connectivity index (χ2v) is 7.06. The largest absolute Gasteiger partial charge is 0.356 e. The Morgan fingerprint density at radius 3 is 2.63 bits per heavy atom. The van der Waals surface area contributed by atoms with Gasteiger partial charge in [0.25, 0.3) is 5.56 Å². The fraction of sp³-hybridized carbons (Fsp3) is 0.733. The first-order valence-electron chi connectivity index (χ1n) is 7.30. The number of hydrogen-bond donors (Lipinski definition) is 1. The Labute approximate surface area is 114 Å². The molecule has 104 valence electrons. The van der Waals surface area contributed by atoms with Gasteiger partial charge in [-0.3, -0.25) is 4.79 Å². The van der Waals surface area contributed by atoms with Crippen LogP contribution in [0.15, 0.2) is 10.9 Å². The van der Waals surface area contributed by atoms with E-state index in [-0.39, 0.29) is 5.56 Å². The van der Waals surface area contributed by atoms with Crippen LogP contribution in [0.25, 0.3) is 0 Å². The van der Waals surface area contributed by atoms with Gasteiger partial charge in [0.1, 0.15) is 11.6 Å². The Balaban J connectivity index is 1.81. The molecule has 2 fully saturated rings. The first-order valence-corrected chi connectivity index (χ1v) is 7.30. The summed E-state index contributed by atoms with van der Waals surface area (Å²) in [5, 5.41) is 0. The molecule has 2 heterocycles. The van der Waals surface area contributed by atoms with Crippen molar-refractivity contribution in [3.63, 3.8) is 0 Å². The zero-order valence-corrected chi connectivity index (χ0v) is 12.1. The Bertz CT molecular complexity index is 525. The molecule has 0 bridgehead atoms. The molecule has 0 radical (unpaired) electrons. The second kappa shape index (κ2) is 4.36. The van der Waals surface area contributed by atoms with Gasteiger partial charge in [-0.2, -0.15) is 0 Å². The zero-order valence-electron chi connectivity index (χ0n) is 12.1. The monoisotopic (exact) mass is 261 g/mol. The van der Waals surface area contributed by atoms with Gasteiger partial charge in [0, 0.05) is 25.1 Å².